The third-order valence-electron chi connectivity index (χ3n) is 2.55. The number of phenols is 1. The Morgan fingerprint density at radius 2 is 2.05 bits per heavy atom. The molecule has 1 heterocycles. The first-order chi connectivity index (χ1) is 9.06. The van der Waals surface area contributed by atoms with Gasteiger partial charge < -0.3 is 5.11 Å². The molecule has 0 aliphatic rings. The van der Waals surface area contributed by atoms with Crippen LogP contribution in [0.5, 0.6) is 5.75 Å². The van der Waals surface area contributed by atoms with Crippen LogP contribution < -0.4 is 5.43 Å². The number of hydrazone groups is 1. The second kappa shape index (κ2) is 5.34. The van der Waals surface area contributed by atoms with Crippen molar-refractivity contribution in [3.05, 3.63) is 47.3 Å². The van der Waals surface area contributed by atoms with Gasteiger partial charge in [0.1, 0.15) is 5.75 Å². The summed E-state index contributed by atoms with van der Waals surface area (Å²) in [6.45, 7) is 3.58. The predicted octanol–water partition coefficient (Wildman–Crippen LogP) is 1.58. The Hall–Kier alpha value is -2.63. The Labute approximate surface area is 110 Å². The molecule has 6 heteroatoms. The van der Waals surface area contributed by atoms with Gasteiger partial charge in [-0.3, -0.25) is 9.89 Å². The van der Waals surface area contributed by atoms with Crippen molar-refractivity contribution in [1.29, 1.82) is 0 Å². The lowest BCUT2D eigenvalue weighted by Gasteiger charge is -2.01. The molecule has 0 fully saturated rings. The minimum Gasteiger partial charge on any atom is -0.508 e. The number of hydrogen-bond donors (Lipinski definition) is 3. The lowest BCUT2D eigenvalue weighted by Crippen LogP contribution is -2.19. The second-order valence-corrected chi connectivity index (χ2v) is 4.12. The number of amides is 1. The van der Waals surface area contributed by atoms with Crippen molar-refractivity contribution in [3.8, 4) is 5.75 Å². The quantitative estimate of drug-likeness (QED) is 0.576. The Kier molecular flexibility index (Phi) is 3.61. The number of nitrogens with one attached hydrogen (secondary N) is 2. The number of aryl methyl sites for hydroxylation is 1. The summed E-state index contributed by atoms with van der Waals surface area (Å²) in [6, 6.07) is 8.21. The van der Waals surface area contributed by atoms with Crippen LogP contribution in [0, 0.1) is 6.92 Å². The van der Waals surface area contributed by atoms with Gasteiger partial charge in [0.2, 0.25) is 0 Å². The van der Waals surface area contributed by atoms with Gasteiger partial charge in [-0.15, -0.1) is 0 Å². The van der Waals surface area contributed by atoms with Gasteiger partial charge in [0.05, 0.1) is 5.71 Å². The number of aromatic amines is 1. The Balaban J connectivity index is 2.06. The number of aromatic hydroxyl groups is 1. The summed E-state index contributed by atoms with van der Waals surface area (Å²) >= 11 is 0. The first-order valence-electron chi connectivity index (χ1n) is 5.72. The fraction of sp³-hybridized carbons (Fsp3) is 0.154. The Morgan fingerprint density at radius 3 is 2.63 bits per heavy atom. The zero-order chi connectivity index (χ0) is 13.8. The summed E-state index contributed by atoms with van der Waals surface area (Å²) in [5.74, 6) is -0.185. The van der Waals surface area contributed by atoms with Crippen molar-refractivity contribution in [2.24, 2.45) is 5.10 Å². The van der Waals surface area contributed by atoms with Crippen molar-refractivity contribution < 1.29 is 9.90 Å². The van der Waals surface area contributed by atoms with Crippen molar-refractivity contribution in [3.63, 3.8) is 0 Å². The lowest BCUT2D eigenvalue weighted by molar-refractivity contribution is 0.0950. The van der Waals surface area contributed by atoms with E-state index < -0.39 is 0 Å². The number of H-pyrrole nitrogens is 1. The van der Waals surface area contributed by atoms with Crippen molar-refractivity contribution >= 4 is 11.6 Å². The first-order valence-corrected chi connectivity index (χ1v) is 5.72. The highest BCUT2D eigenvalue weighted by atomic mass is 16.3. The van der Waals surface area contributed by atoms with Crippen molar-refractivity contribution in [1.82, 2.24) is 15.6 Å². The number of nitrogens with zero attached hydrogens (tertiary/aromatic N) is 2. The molecule has 1 aromatic carbocycles. The van der Waals surface area contributed by atoms with Crippen LogP contribution in [0.25, 0.3) is 0 Å². The van der Waals surface area contributed by atoms with Crippen LogP contribution in [-0.2, 0) is 0 Å². The molecule has 0 atom stereocenters. The van der Waals surface area contributed by atoms with Crippen LogP contribution in [0.4, 0.5) is 0 Å². The molecule has 19 heavy (non-hydrogen) atoms. The van der Waals surface area contributed by atoms with E-state index in [-0.39, 0.29) is 11.7 Å². The SMILES string of the molecule is C/C(=N\NC(=O)c1cc(C)[nH]n1)c1ccc(O)cc1. The lowest BCUT2D eigenvalue weighted by atomic mass is 10.1. The third kappa shape index (κ3) is 3.19. The maximum Gasteiger partial charge on any atom is 0.291 e. The highest BCUT2D eigenvalue weighted by molar-refractivity contribution is 6.00. The molecule has 0 bridgehead atoms. The molecular weight excluding hydrogens is 244 g/mol. The van der Waals surface area contributed by atoms with Gasteiger partial charge in [-0.05, 0) is 49.7 Å². The van der Waals surface area contributed by atoms with E-state index in [9.17, 15) is 9.90 Å². The van der Waals surface area contributed by atoms with Gasteiger partial charge >= 0.3 is 0 Å². The van der Waals surface area contributed by atoms with E-state index in [1.165, 1.54) is 0 Å². The van der Waals surface area contributed by atoms with E-state index in [0.717, 1.165) is 11.3 Å². The average Bonchev–Trinajstić information content (AvgIpc) is 2.83. The van der Waals surface area contributed by atoms with Gasteiger partial charge in [0.25, 0.3) is 5.91 Å². The summed E-state index contributed by atoms with van der Waals surface area (Å²) in [6.07, 6.45) is 0. The monoisotopic (exact) mass is 258 g/mol. The van der Waals surface area contributed by atoms with Crippen LogP contribution in [0.1, 0.15) is 28.7 Å². The average molecular weight is 258 g/mol. The summed E-state index contributed by atoms with van der Waals surface area (Å²) in [5, 5.41) is 19.7. The predicted molar refractivity (Wildman–Crippen MR) is 71.1 cm³/mol. The van der Waals surface area contributed by atoms with Gasteiger partial charge in [-0.1, -0.05) is 0 Å². The largest absolute Gasteiger partial charge is 0.508 e. The van der Waals surface area contributed by atoms with Crippen LogP contribution >= 0.6 is 0 Å². The molecule has 0 spiro atoms. The van der Waals surface area contributed by atoms with Crippen LogP contribution in [0.15, 0.2) is 35.4 Å². The van der Waals surface area contributed by atoms with Crippen molar-refractivity contribution in [2.75, 3.05) is 0 Å². The number of benzene rings is 1. The Morgan fingerprint density at radius 1 is 1.37 bits per heavy atom. The maximum absolute atomic E-state index is 11.7. The summed E-state index contributed by atoms with van der Waals surface area (Å²) in [7, 11) is 0. The molecule has 6 nitrogen and oxygen atoms in total. The molecule has 0 aliphatic carbocycles. The zero-order valence-electron chi connectivity index (χ0n) is 10.6. The Bertz CT molecular complexity index is 614. The van der Waals surface area contributed by atoms with Gasteiger partial charge in [0, 0.05) is 5.69 Å². The number of carbonyl (C=O) groups is 1. The molecule has 0 saturated heterocycles. The molecular formula is C13H14N4O2. The third-order valence-corrected chi connectivity index (χ3v) is 2.55. The molecule has 0 radical (unpaired) electrons. The number of carbonyl (C=O) groups excluding carboxylic acids is 1. The second-order valence-electron chi connectivity index (χ2n) is 4.12. The molecule has 3 N–H and O–H groups in total. The normalized spacial score (nSPS) is 11.4. The molecule has 1 amide bonds. The molecule has 1 aromatic heterocycles. The maximum atomic E-state index is 11.7. The summed E-state index contributed by atoms with van der Waals surface area (Å²) < 4.78 is 0. The van der Waals surface area contributed by atoms with E-state index in [1.54, 1.807) is 37.3 Å². The number of rotatable bonds is 3. The standard InChI is InChI=1S/C13H14N4O2/c1-8-7-12(16-14-8)13(19)17-15-9(2)10-3-5-11(18)6-4-10/h3-7,18H,1-2H3,(H,14,16)(H,17,19)/b15-9+. The van der Waals surface area contributed by atoms with E-state index in [4.69, 9.17) is 0 Å². The highest BCUT2D eigenvalue weighted by Gasteiger charge is 2.08. The fourth-order valence-corrected chi connectivity index (χ4v) is 1.49. The molecule has 98 valence electrons. The molecule has 0 unspecified atom stereocenters. The number of aromatic nitrogens is 2. The highest BCUT2D eigenvalue weighted by Crippen LogP contribution is 2.10. The minimum atomic E-state index is -0.373. The van der Waals surface area contributed by atoms with Crippen LogP contribution in [0.2, 0.25) is 0 Å². The summed E-state index contributed by atoms with van der Waals surface area (Å²) in [4.78, 5) is 11.7. The topological polar surface area (TPSA) is 90.4 Å². The van der Waals surface area contributed by atoms with E-state index in [0.29, 0.717) is 11.4 Å². The van der Waals surface area contributed by atoms with Crippen molar-refractivity contribution in [2.45, 2.75) is 13.8 Å². The molecule has 2 aromatic rings. The summed E-state index contributed by atoms with van der Waals surface area (Å²) in [5.41, 5.74) is 4.99. The van der Waals surface area contributed by atoms with Gasteiger partial charge in [0.15, 0.2) is 5.69 Å². The first kappa shape index (κ1) is 12.8. The van der Waals surface area contributed by atoms with Crippen LogP contribution in [0.3, 0.4) is 0 Å². The fourth-order valence-electron chi connectivity index (χ4n) is 1.49. The smallest absolute Gasteiger partial charge is 0.291 e. The molecule has 2 rings (SSSR count). The molecule has 0 aliphatic heterocycles. The van der Waals surface area contributed by atoms with E-state index >= 15 is 0 Å². The van der Waals surface area contributed by atoms with Gasteiger partial charge in [-0.2, -0.15) is 10.2 Å². The number of phenolic OH excluding ortho intramolecular Hbond substituents is 1. The van der Waals surface area contributed by atoms with Gasteiger partial charge in [-0.25, -0.2) is 5.43 Å². The van der Waals surface area contributed by atoms with E-state index in [2.05, 4.69) is 20.7 Å². The zero-order valence-corrected chi connectivity index (χ0v) is 10.6. The van der Waals surface area contributed by atoms with Crippen LogP contribution in [-0.4, -0.2) is 26.9 Å². The molecule has 0 saturated carbocycles. The van der Waals surface area contributed by atoms with E-state index in [1.807, 2.05) is 6.92 Å². The minimum absolute atomic E-state index is 0.188. The number of hydrogen-bond acceptors (Lipinski definition) is 4.